The zero-order chi connectivity index (χ0) is 9.57. The van der Waals surface area contributed by atoms with Crippen molar-refractivity contribution in [1.29, 1.82) is 0 Å². The van der Waals surface area contributed by atoms with E-state index in [9.17, 15) is 14.7 Å². The first kappa shape index (κ1) is 9.35. The van der Waals surface area contributed by atoms with Crippen molar-refractivity contribution in [1.82, 2.24) is 0 Å². The van der Waals surface area contributed by atoms with E-state index >= 15 is 0 Å². The van der Waals surface area contributed by atoms with E-state index in [-0.39, 0.29) is 12.2 Å². The average molecular weight is 172 g/mol. The lowest BCUT2D eigenvalue weighted by Gasteiger charge is -2.22. The summed E-state index contributed by atoms with van der Waals surface area (Å²) in [4.78, 5) is 22.1. The lowest BCUT2D eigenvalue weighted by atomic mass is 9.97. The van der Waals surface area contributed by atoms with Crippen LogP contribution in [0.4, 0.5) is 0 Å². The van der Waals surface area contributed by atoms with Gasteiger partial charge in [-0.3, -0.25) is 9.59 Å². The van der Waals surface area contributed by atoms with Crippen molar-refractivity contribution in [3.63, 3.8) is 0 Å². The van der Waals surface area contributed by atoms with Crippen LogP contribution in [0.25, 0.3) is 0 Å². The molecule has 0 radical (unpaired) electrons. The minimum atomic E-state index is -1.79. The van der Waals surface area contributed by atoms with Gasteiger partial charge in [-0.15, -0.1) is 0 Å². The monoisotopic (exact) mass is 172 g/mol. The highest BCUT2D eigenvalue weighted by Crippen LogP contribution is 2.33. The lowest BCUT2D eigenvalue weighted by molar-refractivity contribution is -0.205. The van der Waals surface area contributed by atoms with Crippen LogP contribution in [0.3, 0.4) is 0 Å². The maximum Gasteiger partial charge on any atom is 0.224 e. The Morgan fingerprint density at radius 2 is 2.08 bits per heavy atom. The molecule has 0 spiro atoms. The van der Waals surface area contributed by atoms with Gasteiger partial charge >= 0.3 is 0 Å². The predicted octanol–water partition coefficient (Wildman–Crippen LogP) is 0.0320. The molecule has 0 bridgehead atoms. The van der Waals surface area contributed by atoms with Gasteiger partial charge in [-0.2, -0.15) is 0 Å². The number of ether oxygens (including phenoxy) is 1. The van der Waals surface area contributed by atoms with Gasteiger partial charge < -0.3 is 9.84 Å². The summed E-state index contributed by atoms with van der Waals surface area (Å²) in [6.07, 6.45) is -0.0463. The molecule has 0 aromatic rings. The SMILES string of the molecule is CC(=O)[C@@]1(C)CC(=O)[C@](C)(O)O1. The molecule has 1 fully saturated rings. The van der Waals surface area contributed by atoms with Gasteiger partial charge in [-0.25, -0.2) is 0 Å². The van der Waals surface area contributed by atoms with Crippen molar-refractivity contribution in [2.75, 3.05) is 0 Å². The molecule has 1 saturated heterocycles. The van der Waals surface area contributed by atoms with Crippen LogP contribution < -0.4 is 0 Å². The van der Waals surface area contributed by atoms with Crippen LogP contribution in [0.2, 0.25) is 0 Å². The van der Waals surface area contributed by atoms with Gasteiger partial charge in [0.15, 0.2) is 11.6 Å². The Kier molecular flexibility index (Phi) is 1.85. The maximum atomic E-state index is 11.1. The van der Waals surface area contributed by atoms with Gasteiger partial charge in [-0.05, 0) is 20.8 Å². The van der Waals surface area contributed by atoms with E-state index in [0.29, 0.717) is 0 Å². The summed E-state index contributed by atoms with van der Waals surface area (Å²) in [5.74, 6) is -2.48. The number of Topliss-reactive ketones (excluding diaryl/α,β-unsaturated/α-hetero) is 2. The number of aliphatic hydroxyl groups is 1. The average Bonchev–Trinajstić information content (AvgIpc) is 2.03. The summed E-state index contributed by atoms with van der Waals surface area (Å²) in [5.41, 5.74) is -1.14. The first-order chi connectivity index (χ1) is 5.28. The van der Waals surface area contributed by atoms with Crippen molar-refractivity contribution < 1.29 is 19.4 Å². The summed E-state index contributed by atoms with van der Waals surface area (Å²) in [7, 11) is 0. The minimum Gasteiger partial charge on any atom is -0.360 e. The predicted molar refractivity (Wildman–Crippen MR) is 40.4 cm³/mol. The number of hydrogen-bond donors (Lipinski definition) is 1. The molecule has 0 amide bonds. The molecule has 0 aromatic carbocycles. The number of ketones is 2. The minimum absolute atomic E-state index is 0.0463. The first-order valence-corrected chi connectivity index (χ1v) is 3.75. The summed E-state index contributed by atoms with van der Waals surface area (Å²) < 4.78 is 4.97. The van der Waals surface area contributed by atoms with E-state index < -0.39 is 17.2 Å². The Hall–Kier alpha value is -0.740. The second kappa shape index (κ2) is 2.37. The van der Waals surface area contributed by atoms with E-state index in [1.165, 1.54) is 20.8 Å². The van der Waals surface area contributed by atoms with Crippen molar-refractivity contribution in [3.05, 3.63) is 0 Å². The maximum absolute atomic E-state index is 11.1. The van der Waals surface area contributed by atoms with Crippen LogP contribution in [0.1, 0.15) is 27.2 Å². The fourth-order valence-electron chi connectivity index (χ4n) is 1.20. The Morgan fingerprint density at radius 1 is 1.58 bits per heavy atom. The fourth-order valence-corrected chi connectivity index (χ4v) is 1.20. The molecular weight excluding hydrogens is 160 g/mol. The van der Waals surface area contributed by atoms with Crippen LogP contribution in [0.15, 0.2) is 0 Å². The van der Waals surface area contributed by atoms with Gasteiger partial charge in [0, 0.05) is 6.42 Å². The molecule has 0 aromatic heterocycles. The standard InChI is InChI=1S/C8H12O4/c1-5(9)7(2)4-6(10)8(3,11)12-7/h11H,4H2,1-3H3/t7-,8-/m1/s1. The molecule has 68 valence electrons. The fraction of sp³-hybridized carbons (Fsp3) is 0.750. The van der Waals surface area contributed by atoms with Gasteiger partial charge in [0.1, 0.15) is 5.60 Å². The van der Waals surface area contributed by atoms with E-state index in [4.69, 9.17) is 4.74 Å². The zero-order valence-corrected chi connectivity index (χ0v) is 7.38. The lowest BCUT2D eigenvalue weighted by Crippen LogP contribution is -2.37. The van der Waals surface area contributed by atoms with E-state index in [2.05, 4.69) is 0 Å². The number of hydrogen-bond acceptors (Lipinski definition) is 4. The Labute approximate surface area is 70.5 Å². The van der Waals surface area contributed by atoms with Crippen LogP contribution >= 0.6 is 0 Å². The Morgan fingerprint density at radius 3 is 2.25 bits per heavy atom. The van der Waals surface area contributed by atoms with E-state index in [0.717, 1.165) is 0 Å². The molecule has 1 N–H and O–H groups in total. The zero-order valence-electron chi connectivity index (χ0n) is 7.38. The van der Waals surface area contributed by atoms with Crippen LogP contribution in [0.5, 0.6) is 0 Å². The number of carbonyl (C=O) groups excluding carboxylic acids is 2. The molecular formula is C8H12O4. The summed E-state index contributed by atoms with van der Waals surface area (Å²) in [6.45, 7) is 4.10. The third-order valence-corrected chi connectivity index (χ3v) is 2.18. The molecule has 0 saturated carbocycles. The normalized spacial score (nSPS) is 41.8. The summed E-state index contributed by atoms with van der Waals surface area (Å²) in [6, 6.07) is 0. The Balaban J connectivity index is 2.92. The van der Waals surface area contributed by atoms with Crippen molar-refractivity contribution in [2.45, 2.75) is 38.6 Å². The summed E-state index contributed by atoms with van der Waals surface area (Å²) >= 11 is 0. The van der Waals surface area contributed by atoms with E-state index in [1.807, 2.05) is 0 Å². The topological polar surface area (TPSA) is 63.6 Å². The van der Waals surface area contributed by atoms with Gasteiger partial charge in [0.05, 0.1) is 0 Å². The molecule has 2 atom stereocenters. The molecule has 1 aliphatic rings. The highest BCUT2D eigenvalue weighted by molar-refractivity contribution is 5.97. The van der Waals surface area contributed by atoms with Crippen LogP contribution in [-0.4, -0.2) is 28.1 Å². The largest absolute Gasteiger partial charge is 0.360 e. The highest BCUT2D eigenvalue weighted by atomic mass is 16.7. The van der Waals surface area contributed by atoms with Gasteiger partial charge in [-0.1, -0.05) is 0 Å². The van der Waals surface area contributed by atoms with Gasteiger partial charge in [0.25, 0.3) is 0 Å². The molecule has 1 rings (SSSR count). The molecule has 4 heteroatoms. The van der Waals surface area contributed by atoms with Crippen molar-refractivity contribution >= 4 is 11.6 Å². The quantitative estimate of drug-likeness (QED) is 0.606. The smallest absolute Gasteiger partial charge is 0.224 e. The first-order valence-electron chi connectivity index (χ1n) is 3.75. The molecule has 1 aliphatic heterocycles. The highest BCUT2D eigenvalue weighted by Gasteiger charge is 2.52. The number of carbonyl (C=O) groups is 2. The van der Waals surface area contributed by atoms with Crippen LogP contribution in [-0.2, 0) is 14.3 Å². The van der Waals surface area contributed by atoms with E-state index in [1.54, 1.807) is 0 Å². The molecule has 4 nitrogen and oxygen atoms in total. The molecule has 1 heterocycles. The second-order valence-corrected chi connectivity index (χ2v) is 3.47. The molecule has 0 unspecified atom stereocenters. The van der Waals surface area contributed by atoms with Crippen LogP contribution in [0, 0.1) is 0 Å². The van der Waals surface area contributed by atoms with Gasteiger partial charge in [0.2, 0.25) is 5.79 Å². The third-order valence-electron chi connectivity index (χ3n) is 2.18. The second-order valence-electron chi connectivity index (χ2n) is 3.47. The van der Waals surface area contributed by atoms with Crippen molar-refractivity contribution in [3.8, 4) is 0 Å². The summed E-state index contributed by atoms with van der Waals surface area (Å²) in [5, 5.41) is 9.32. The molecule has 12 heavy (non-hydrogen) atoms. The third kappa shape index (κ3) is 1.28. The number of rotatable bonds is 1. The Bertz CT molecular complexity index is 243. The van der Waals surface area contributed by atoms with Crippen molar-refractivity contribution in [2.24, 2.45) is 0 Å². The molecule has 0 aliphatic carbocycles.